The van der Waals surface area contributed by atoms with Crippen LogP contribution in [0, 0.1) is 6.92 Å². The number of hydrogen-bond donors (Lipinski definition) is 2. The van der Waals surface area contributed by atoms with Crippen molar-refractivity contribution in [2.75, 3.05) is 17.2 Å². The highest BCUT2D eigenvalue weighted by atomic mass is 79.9. The topological polar surface area (TPSA) is 49.8 Å². The number of hydrogen-bond acceptors (Lipinski definition) is 4. The van der Waals surface area contributed by atoms with Gasteiger partial charge >= 0.3 is 0 Å². The summed E-state index contributed by atoms with van der Waals surface area (Å²) in [4.78, 5) is 9.39. The van der Waals surface area contributed by atoms with E-state index in [0.29, 0.717) is 5.92 Å². The number of aromatic nitrogens is 2. The zero-order valence-corrected chi connectivity index (χ0v) is 13.9. The molecule has 2 aromatic rings. The molecule has 1 aliphatic rings. The van der Waals surface area contributed by atoms with Crippen LogP contribution in [0.1, 0.15) is 37.1 Å². The third-order valence-electron chi connectivity index (χ3n) is 3.56. The van der Waals surface area contributed by atoms with Gasteiger partial charge in [-0.25, -0.2) is 9.97 Å². The van der Waals surface area contributed by atoms with E-state index in [-0.39, 0.29) is 0 Å². The van der Waals surface area contributed by atoms with Crippen molar-refractivity contribution in [2.24, 2.45) is 0 Å². The van der Waals surface area contributed by atoms with Crippen LogP contribution in [0.5, 0.6) is 0 Å². The van der Waals surface area contributed by atoms with Crippen LogP contribution in [0.2, 0.25) is 0 Å². The van der Waals surface area contributed by atoms with Gasteiger partial charge in [0.15, 0.2) is 0 Å². The summed E-state index contributed by atoms with van der Waals surface area (Å²) in [5.74, 6) is 3.32. The molecule has 0 radical (unpaired) electrons. The number of halogens is 1. The maximum atomic E-state index is 4.72. The van der Waals surface area contributed by atoms with Crippen LogP contribution in [0.3, 0.4) is 0 Å². The molecular weight excluding hydrogens is 328 g/mol. The molecule has 0 amide bonds. The Kier molecular flexibility index (Phi) is 4.10. The first-order chi connectivity index (χ1) is 10.2. The first-order valence-corrected chi connectivity index (χ1v) is 8.11. The summed E-state index contributed by atoms with van der Waals surface area (Å²) < 4.78 is 1.07. The summed E-state index contributed by atoms with van der Waals surface area (Å²) in [6.45, 7) is 5.00. The Hall–Kier alpha value is -1.62. The van der Waals surface area contributed by atoms with Gasteiger partial charge in [0.1, 0.15) is 17.5 Å². The minimum absolute atomic E-state index is 0.536. The van der Waals surface area contributed by atoms with Crippen molar-refractivity contribution in [1.82, 2.24) is 9.97 Å². The van der Waals surface area contributed by atoms with Gasteiger partial charge in [-0.2, -0.15) is 0 Å². The summed E-state index contributed by atoms with van der Waals surface area (Å²) in [7, 11) is 0. The summed E-state index contributed by atoms with van der Waals surface area (Å²) >= 11 is 3.45. The van der Waals surface area contributed by atoms with Crippen molar-refractivity contribution >= 4 is 33.3 Å². The average Bonchev–Trinajstić information content (AvgIpc) is 3.30. The van der Waals surface area contributed by atoms with Crippen molar-refractivity contribution < 1.29 is 0 Å². The van der Waals surface area contributed by atoms with Gasteiger partial charge in [-0.1, -0.05) is 15.9 Å². The zero-order valence-electron chi connectivity index (χ0n) is 12.3. The van der Waals surface area contributed by atoms with Crippen molar-refractivity contribution in [2.45, 2.75) is 32.6 Å². The number of rotatable bonds is 5. The van der Waals surface area contributed by atoms with Crippen molar-refractivity contribution in [3.8, 4) is 0 Å². The second-order valence-corrected chi connectivity index (χ2v) is 6.26. The molecule has 4 nitrogen and oxygen atoms in total. The summed E-state index contributed by atoms with van der Waals surface area (Å²) in [5.41, 5.74) is 2.09. The largest absolute Gasteiger partial charge is 0.370 e. The van der Waals surface area contributed by atoms with E-state index in [1.807, 2.05) is 24.3 Å². The predicted molar refractivity (Wildman–Crippen MR) is 90.3 cm³/mol. The maximum Gasteiger partial charge on any atom is 0.139 e. The van der Waals surface area contributed by atoms with Gasteiger partial charge in [-0.05, 0) is 51.0 Å². The maximum absolute atomic E-state index is 4.72. The fraction of sp³-hybridized carbons (Fsp3) is 0.375. The molecule has 1 heterocycles. The van der Waals surface area contributed by atoms with Gasteiger partial charge in [0.2, 0.25) is 0 Å². The molecular formula is C16H19BrN4. The molecule has 0 bridgehead atoms. The average molecular weight is 347 g/mol. The molecule has 0 unspecified atom stereocenters. The summed E-state index contributed by atoms with van der Waals surface area (Å²) in [6.07, 6.45) is 2.40. The van der Waals surface area contributed by atoms with Gasteiger partial charge in [0, 0.05) is 28.2 Å². The van der Waals surface area contributed by atoms with E-state index in [2.05, 4.69) is 45.4 Å². The molecule has 0 saturated heterocycles. The smallest absolute Gasteiger partial charge is 0.139 e. The number of nitrogens with one attached hydrogen (secondary N) is 2. The number of nitrogens with zero attached hydrogens (tertiary/aromatic N) is 2. The van der Waals surface area contributed by atoms with Crippen LogP contribution in [0.15, 0.2) is 28.7 Å². The zero-order chi connectivity index (χ0) is 14.8. The normalized spacial score (nSPS) is 14.0. The van der Waals surface area contributed by atoms with E-state index >= 15 is 0 Å². The fourth-order valence-corrected chi connectivity index (χ4v) is 2.45. The lowest BCUT2D eigenvalue weighted by molar-refractivity contribution is 0.918. The monoisotopic (exact) mass is 346 g/mol. The van der Waals surface area contributed by atoms with E-state index in [1.54, 1.807) is 0 Å². The minimum Gasteiger partial charge on any atom is -0.370 e. The van der Waals surface area contributed by atoms with E-state index in [4.69, 9.17) is 4.98 Å². The molecule has 110 valence electrons. The Balaban J connectivity index is 1.93. The predicted octanol–water partition coefficient (Wildman–Crippen LogP) is 4.60. The molecule has 3 rings (SSSR count). The first kappa shape index (κ1) is 14.3. The van der Waals surface area contributed by atoms with Crippen molar-refractivity contribution in [3.05, 3.63) is 40.1 Å². The fourth-order valence-electron chi connectivity index (χ4n) is 2.19. The van der Waals surface area contributed by atoms with E-state index in [9.17, 15) is 0 Å². The van der Waals surface area contributed by atoms with Gasteiger partial charge < -0.3 is 10.6 Å². The van der Waals surface area contributed by atoms with Gasteiger partial charge in [0.25, 0.3) is 0 Å². The third-order valence-corrected chi connectivity index (χ3v) is 4.09. The molecule has 5 heteroatoms. The summed E-state index contributed by atoms with van der Waals surface area (Å²) in [5, 5.41) is 6.74. The lowest BCUT2D eigenvalue weighted by atomic mass is 10.2. The quantitative estimate of drug-likeness (QED) is 0.830. The van der Waals surface area contributed by atoms with Crippen LogP contribution >= 0.6 is 15.9 Å². The molecule has 1 aliphatic carbocycles. The second-order valence-electron chi connectivity index (χ2n) is 5.34. The van der Waals surface area contributed by atoms with Crippen LogP contribution in [0.4, 0.5) is 17.3 Å². The van der Waals surface area contributed by atoms with Crippen molar-refractivity contribution in [3.63, 3.8) is 0 Å². The highest BCUT2D eigenvalue weighted by molar-refractivity contribution is 9.10. The third kappa shape index (κ3) is 3.35. The molecule has 21 heavy (non-hydrogen) atoms. The molecule has 1 fully saturated rings. The molecule has 1 aromatic carbocycles. The van der Waals surface area contributed by atoms with Gasteiger partial charge in [-0.15, -0.1) is 0 Å². The Morgan fingerprint density at radius 1 is 1.14 bits per heavy atom. The van der Waals surface area contributed by atoms with E-state index in [1.165, 1.54) is 12.8 Å². The molecule has 2 N–H and O–H groups in total. The van der Waals surface area contributed by atoms with Gasteiger partial charge in [0.05, 0.1) is 0 Å². The Morgan fingerprint density at radius 2 is 1.81 bits per heavy atom. The van der Waals surface area contributed by atoms with E-state index in [0.717, 1.165) is 39.7 Å². The molecule has 0 aliphatic heterocycles. The Morgan fingerprint density at radius 3 is 2.43 bits per heavy atom. The molecule has 0 spiro atoms. The van der Waals surface area contributed by atoms with Crippen LogP contribution < -0.4 is 10.6 Å². The molecule has 0 atom stereocenters. The van der Waals surface area contributed by atoms with E-state index < -0.39 is 0 Å². The number of anilines is 3. The highest BCUT2D eigenvalue weighted by Crippen LogP contribution is 2.39. The SMILES string of the molecule is CCNc1nc(C2CC2)nc(Nc2ccc(Br)cc2)c1C. The van der Waals surface area contributed by atoms with Crippen LogP contribution in [-0.2, 0) is 0 Å². The van der Waals surface area contributed by atoms with Crippen molar-refractivity contribution in [1.29, 1.82) is 0 Å². The Labute approximate surface area is 133 Å². The van der Waals surface area contributed by atoms with Gasteiger partial charge in [-0.3, -0.25) is 0 Å². The molecule has 1 aromatic heterocycles. The number of benzene rings is 1. The lowest BCUT2D eigenvalue weighted by Crippen LogP contribution is -2.09. The second kappa shape index (κ2) is 6.02. The Bertz CT molecular complexity index is 635. The standard InChI is InChI=1S/C16H19BrN4/c1-3-18-14-10(2)15(21-16(20-14)11-4-5-11)19-13-8-6-12(17)7-9-13/h6-9,11H,3-5H2,1-2H3,(H2,18,19,20,21). The lowest BCUT2D eigenvalue weighted by Gasteiger charge is -2.14. The minimum atomic E-state index is 0.536. The molecule has 1 saturated carbocycles. The highest BCUT2D eigenvalue weighted by Gasteiger charge is 2.28. The first-order valence-electron chi connectivity index (χ1n) is 7.32. The summed E-state index contributed by atoms with van der Waals surface area (Å²) in [6, 6.07) is 8.11. The van der Waals surface area contributed by atoms with Crippen LogP contribution in [-0.4, -0.2) is 16.5 Å². The van der Waals surface area contributed by atoms with Crippen LogP contribution in [0.25, 0.3) is 0 Å².